The minimum atomic E-state index is -3.38. The monoisotopic (exact) mass is 311 g/mol. The van der Waals surface area contributed by atoms with Crippen LogP contribution in [0, 0.1) is 5.92 Å². The van der Waals surface area contributed by atoms with E-state index < -0.39 is 10.0 Å². The summed E-state index contributed by atoms with van der Waals surface area (Å²) in [4.78, 5) is 5.05. The molecule has 6 heteroatoms. The fourth-order valence-corrected chi connectivity index (χ4v) is 3.66. The fourth-order valence-electron chi connectivity index (χ4n) is 2.47. The Labute approximate surface area is 128 Å². The lowest BCUT2D eigenvalue weighted by Crippen LogP contribution is -2.46. The predicted octanol–water partition coefficient (Wildman–Crippen LogP) is 0.848. The highest BCUT2D eigenvalue weighted by atomic mass is 32.2. The number of likely N-dealkylation sites (N-methyl/N-ethyl adjacent to an activating group) is 1. The molecule has 0 amide bonds. The topological polar surface area (TPSA) is 52.7 Å². The number of hydrogen-bond donors (Lipinski definition) is 1. The SMILES string of the molecule is CC(CNS(=O)(=O)c1ccccc1)CN1CCN(C)CC1. The Kier molecular flexibility index (Phi) is 5.75. The first-order valence-corrected chi connectivity index (χ1v) is 8.91. The van der Waals surface area contributed by atoms with E-state index in [1.165, 1.54) is 0 Å². The molecule has 1 atom stereocenters. The second kappa shape index (κ2) is 7.35. The molecule has 5 nitrogen and oxygen atoms in total. The van der Waals surface area contributed by atoms with E-state index >= 15 is 0 Å². The lowest BCUT2D eigenvalue weighted by atomic mass is 10.1. The van der Waals surface area contributed by atoms with Crippen molar-refractivity contribution in [3.8, 4) is 0 Å². The second-order valence-corrected chi connectivity index (χ2v) is 7.64. The molecule has 1 aliphatic heterocycles. The van der Waals surface area contributed by atoms with Crippen LogP contribution in [0.15, 0.2) is 35.2 Å². The molecule has 1 heterocycles. The maximum absolute atomic E-state index is 12.1. The molecule has 0 spiro atoms. The van der Waals surface area contributed by atoms with Crippen molar-refractivity contribution in [2.75, 3.05) is 46.3 Å². The van der Waals surface area contributed by atoms with Crippen LogP contribution in [-0.2, 0) is 10.0 Å². The summed E-state index contributed by atoms with van der Waals surface area (Å²) in [5.41, 5.74) is 0. The second-order valence-electron chi connectivity index (χ2n) is 5.87. The Morgan fingerprint density at radius 1 is 1.14 bits per heavy atom. The Balaban J connectivity index is 1.80. The van der Waals surface area contributed by atoms with E-state index in [4.69, 9.17) is 0 Å². The van der Waals surface area contributed by atoms with Crippen LogP contribution in [-0.4, -0.2) is 64.5 Å². The number of benzene rings is 1. The molecule has 1 unspecified atom stereocenters. The lowest BCUT2D eigenvalue weighted by molar-refractivity contribution is 0.139. The first kappa shape index (κ1) is 16.4. The van der Waals surface area contributed by atoms with Crippen LogP contribution in [0.1, 0.15) is 6.92 Å². The standard InChI is InChI=1S/C15H25N3O2S/c1-14(13-18-10-8-17(2)9-11-18)12-16-21(19,20)15-6-4-3-5-7-15/h3-7,14,16H,8-13H2,1-2H3. The molecule has 0 bridgehead atoms. The van der Waals surface area contributed by atoms with E-state index in [-0.39, 0.29) is 0 Å². The van der Waals surface area contributed by atoms with Gasteiger partial charge in [-0.15, -0.1) is 0 Å². The summed E-state index contributed by atoms with van der Waals surface area (Å²) in [6, 6.07) is 8.53. The molecule has 21 heavy (non-hydrogen) atoms. The molecule has 1 aliphatic rings. The van der Waals surface area contributed by atoms with Gasteiger partial charge in [0, 0.05) is 39.3 Å². The molecular formula is C15H25N3O2S. The highest BCUT2D eigenvalue weighted by Crippen LogP contribution is 2.09. The molecule has 1 N–H and O–H groups in total. The zero-order valence-electron chi connectivity index (χ0n) is 12.8. The fraction of sp³-hybridized carbons (Fsp3) is 0.600. The van der Waals surface area contributed by atoms with E-state index in [0.717, 1.165) is 32.7 Å². The summed E-state index contributed by atoms with van der Waals surface area (Å²) in [5, 5.41) is 0. The molecule has 0 aromatic heterocycles. The van der Waals surface area contributed by atoms with Gasteiger partial charge in [-0.2, -0.15) is 0 Å². The third-order valence-corrected chi connectivity index (χ3v) is 5.28. The van der Waals surface area contributed by atoms with Crippen molar-refractivity contribution >= 4 is 10.0 Å². The van der Waals surface area contributed by atoms with Crippen molar-refractivity contribution < 1.29 is 8.42 Å². The number of rotatable bonds is 6. The van der Waals surface area contributed by atoms with Gasteiger partial charge in [-0.25, -0.2) is 13.1 Å². The van der Waals surface area contributed by atoms with E-state index in [1.54, 1.807) is 24.3 Å². The first-order valence-electron chi connectivity index (χ1n) is 7.43. The maximum atomic E-state index is 12.1. The predicted molar refractivity (Wildman–Crippen MR) is 84.7 cm³/mol. The average Bonchev–Trinajstić information content (AvgIpc) is 2.49. The van der Waals surface area contributed by atoms with Crippen LogP contribution in [0.3, 0.4) is 0 Å². The number of hydrogen-bond acceptors (Lipinski definition) is 4. The summed E-state index contributed by atoms with van der Waals surface area (Å²) in [6.45, 7) is 7.80. The van der Waals surface area contributed by atoms with Gasteiger partial charge in [-0.05, 0) is 25.1 Å². The molecule has 1 saturated heterocycles. The van der Waals surface area contributed by atoms with Gasteiger partial charge in [-0.3, -0.25) is 0 Å². The molecule has 0 aliphatic carbocycles. The van der Waals surface area contributed by atoms with Crippen LogP contribution in [0.2, 0.25) is 0 Å². The largest absolute Gasteiger partial charge is 0.304 e. The smallest absolute Gasteiger partial charge is 0.240 e. The molecule has 118 valence electrons. The van der Waals surface area contributed by atoms with Crippen molar-refractivity contribution in [2.45, 2.75) is 11.8 Å². The van der Waals surface area contributed by atoms with E-state index in [9.17, 15) is 8.42 Å². The Hall–Kier alpha value is -0.950. The van der Waals surface area contributed by atoms with Gasteiger partial charge in [0.1, 0.15) is 0 Å². The van der Waals surface area contributed by atoms with Gasteiger partial charge < -0.3 is 9.80 Å². The summed E-state index contributed by atoms with van der Waals surface area (Å²) in [7, 11) is -1.25. The van der Waals surface area contributed by atoms with Crippen molar-refractivity contribution in [3.63, 3.8) is 0 Å². The Morgan fingerprint density at radius 2 is 1.76 bits per heavy atom. The molecule has 0 radical (unpaired) electrons. The quantitative estimate of drug-likeness (QED) is 0.846. The van der Waals surface area contributed by atoms with Crippen molar-refractivity contribution in [3.05, 3.63) is 30.3 Å². The zero-order valence-corrected chi connectivity index (χ0v) is 13.6. The lowest BCUT2D eigenvalue weighted by Gasteiger charge is -2.33. The summed E-state index contributed by atoms with van der Waals surface area (Å²) < 4.78 is 27.0. The normalized spacial score (nSPS) is 19.5. The van der Waals surface area contributed by atoms with Crippen LogP contribution >= 0.6 is 0 Å². The highest BCUT2D eigenvalue weighted by Gasteiger charge is 2.18. The van der Waals surface area contributed by atoms with Gasteiger partial charge in [0.15, 0.2) is 0 Å². The molecule has 1 aromatic carbocycles. The van der Waals surface area contributed by atoms with Crippen LogP contribution < -0.4 is 4.72 Å². The Bertz CT molecular complexity index is 525. The van der Waals surface area contributed by atoms with E-state index in [2.05, 4.69) is 28.5 Å². The van der Waals surface area contributed by atoms with Gasteiger partial charge >= 0.3 is 0 Å². The van der Waals surface area contributed by atoms with Crippen molar-refractivity contribution in [1.82, 2.24) is 14.5 Å². The van der Waals surface area contributed by atoms with Crippen molar-refractivity contribution in [2.24, 2.45) is 5.92 Å². The van der Waals surface area contributed by atoms with Gasteiger partial charge in [0.25, 0.3) is 0 Å². The average molecular weight is 311 g/mol. The zero-order chi connectivity index (χ0) is 15.3. The summed E-state index contributed by atoms with van der Waals surface area (Å²) >= 11 is 0. The van der Waals surface area contributed by atoms with E-state index in [1.807, 2.05) is 6.07 Å². The number of piperazine rings is 1. The van der Waals surface area contributed by atoms with Crippen LogP contribution in [0.5, 0.6) is 0 Å². The molecular weight excluding hydrogens is 286 g/mol. The van der Waals surface area contributed by atoms with Crippen LogP contribution in [0.4, 0.5) is 0 Å². The number of sulfonamides is 1. The third kappa shape index (κ3) is 5.07. The number of nitrogens with zero attached hydrogens (tertiary/aromatic N) is 2. The van der Waals surface area contributed by atoms with Gasteiger partial charge in [0.2, 0.25) is 10.0 Å². The maximum Gasteiger partial charge on any atom is 0.240 e. The van der Waals surface area contributed by atoms with E-state index in [0.29, 0.717) is 17.4 Å². The first-order chi connectivity index (χ1) is 9.97. The summed E-state index contributed by atoms with van der Waals surface area (Å²) in [6.07, 6.45) is 0. The minimum absolute atomic E-state index is 0.298. The van der Waals surface area contributed by atoms with Crippen LogP contribution in [0.25, 0.3) is 0 Å². The van der Waals surface area contributed by atoms with Gasteiger partial charge in [0.05, 0.1) is 4.90 Å². The van der Waals surface area contributed by atoms with Gasteiger partial charge in [-0.1, -0.05) is 25.1 Å². The highest BCUT2D eigenvalue weighted by molar-refractivity contribution is 7.89. The minimum Gasteiger partial charge on any atom is -0.304 e. The molecule has 0 saturated carbocycles. The molecule has 1 fully saturated rings. The Morgan fingerprint density at radius 3 is 2.38 bits per heavy atom. The summed E-state index contributed by atoms with van der Waals surface area (Å²) in [5.74, 6) is 0.298. The van der Waals surface area contributed by atoms with Crippen molar-refractivity contribution in [1.29, 1.82) is 0 Å². The number of nitrogens with one attached hydrogen (secondary N) is 1. The third-order valence-electron chi connectivity index (χ3n) is 3.84. The molecule has 2 rings (SSSR count). The molecule has 1 aromatic rings.